The van der Waals surface area contributed by atoms with E-state index in [9.17, 15) is 24.0 Å². The van der Waals surface area contributed by atoms with E-state index in [0.717, 1.165) is 44.1 Å². The Bertz CT molecular complexity index is 1160. The van der Waals surface area contributed by atoms with E-state index in [1.54, 1.807) is 24.3 Å². The van der Waals surface area contributed by atoms with Crippen molar-refractivity contribution in [2.75, 3.05) is 18.4 Å². The second-order valence-corrected chi connectivity index (χ2v) is 15.3. The van der Waals surface area contributed by atoms with Crippen LogP contribution < -0.4 is 32.3 Å². The van der Waals surface area contributed by atoms with E-state index in [-0.39, 0.29) is 42.2 Å². The smallest absolute Gasteiger partial charge is 0.407 e. The minimum atomic E-state index is -0.937. The Labute approximate surface area is 287 Å². The van der Waals surface area contributed by atoms with Gasteiger partial charge in [0.1, 0.15) is 18.7 Å². The highest BCUT2D eigenvalue weighted by Gasteiger charge is 2.29. The Morgan fingerprint density at radius 3 is 1.94 bits per heavy atom. The van der Waals surface area contributed by atoms with E-state index in [2.05, 4.69) is 68.1 Å². The molecule has 0 aliphatic heterocycles. The molecular formula is C36H62N6O6. The van der Waals surface area contributed by atoms with Crippen LogP contribution in [0.1, 0.15) is 119 Å². The normalized spacial score (nSPS) is 12.9. The predicted octanol–water partition coefficient (Wildman–Crippen LogP) is 5.75. The molecule has 0 saturated carbocycles. The number of carbonyl (C=O) groups is 5. The molecule has 0 bridgehead atoms. The van der Waals surface area contributed by atoms with Gasteiger partial charge in [-0.25, -0.2) is 9.59 Å². The maximum atomic E-state index is 13.4. The second kappa shape index (κ2) is 21.2. The molecule has 7 N–H and O–H groups in total. The van der Waals surface area contributed by atoms with Gasteiger partial charge in [0.05, 0.1) is 0 Å². The zero-order chi connectivity index (χ0) is 36.3. The van der Waals surface area contributed by atoms with Crippen molar-refractivity contribution in [2.24, 2.45) is 22.5 Å². The quantitative estimate of drug-likeness (QED) is 0.0958. The number of hydrogen-bond donors (Lipinski definition) is 6. The summed E-state index contributed by atoms with van der Waals surface area (Å²) < 4.78 is 5.29. The first kappa shape index (κ1) is 42.2. The van der Waals surface area contributed by atoms with Gasteiger partial charge in [-0.1, -0.05) is 80.4 Å². The van der Waals surface area contributed by atoms with Crippen molar-refractivity contribution in [1.29, 1.82) is 0 Å². The van der Waals surface area contributed by atoms with Crippen LogP contribution in [0.15, 0.2) is 24.3 Å². The molecule has 6 amide bonds. The summed E-state index contributed by atoms with van der Waals surface area (Å²) in [5, 5.41) is 13.7. The van der Waals surface area contributed by atoms with Crippen LogP contribution in [-0.4, -0.2) is 55.0 Å². The molecule has 0 aliphatic carbocycles. The molecule has 0 aromatic heterocycles. The van der Waals surface area contributed by atoms with E-state index in [4.69, 9.17) is 10.5 Å². The third-order valence-electron chi connectivity index (χ3n) is 7.66. The molecule has 0 saturated heterocycles. The zero-order valence-corrected chi connectivity index (χ0v) is 30.6. The number of hydrogen-bond acceptors (Lipinski definition) is 6. The van der Waals surface area contributed by atoms with Gasteiger partial charge in [-0.05, 0) is 73.0 Å². The lowest BCUT2D eigenvalue weighted by atomic mass is 9.89. The van der Waals surface area contributed by atoms with Crippen LogP contribution in [0, 0.1) is 16.7 Å². The molecule has 48 heavy (non-hydrogen) atoms. The van der Waals surface area contributed by atoms with Crippen LogP contribution in [0.4, 0.5) is 15.3 Å². The van der Waals surface area contributed by atoms with Crippen LogP contribution in [0.25, 0.3) is 0 Å². The van der Waals surface area contributed by atoms with Gasteiger partial charge < -0.3 is 37.1 Å². The fourth-order valence-corrected chi connectivity index (χ4v) is 4.87. The van der Waals surface area contributed by atoms with Crippen molar-refractivity contribution < 1.29 is 28.7 Å². The lowest BCUT2D eigenvalue weighted by Crippen LogP contribution is -2.54. The molecule has 0 aliphatic rings. The van der Waals surface area contributed by atoms with Gasteiger partial charge in [0.15, 0.2) is 0 Å². The van der Waals surface area contributed by atoms with Crippen molar-refractivity contribution in [3.05, 3.63) is 29.8 Å². The van der Waals surface area contributed by atoms with Gasteiger partial charge in [0, 0.05) is 25.2 Å². The van der Waals surface area contributed by atoms with Crippen molar-refractivity contribution in [2.45, 2.75) is 132 Å². The minimum absolute atomic E-state index is 0.0735. The van der Waals surface area contributed by atoms with Crippen LogP contribution in [-0.2, 0) is 25.7 Å². The molecule has 272 valence electrons. The van der Waals surface area contributed by atoms with Gasteiger partial charge in [-0.2, -0.15) is 0 Å². The number of ether oxygens (including phenoxy) is 1. The van der Waals surface area contributed by atoms with Crippen molar-refractivity contribution in [1.82, 2.24) is 21.3 Å². The monoisotopic (exact) mass is 674 g/mol. The molecule has 0 fully saturated rings. The number of alkyl carbamates (subject to hydrolysis) is 1. The summed E-state index contributed by atoms with van der Waals surface area (Å²) in [5.74, 6) is -1.32. The SMILES string of the molecule is CC(C)C(NC(=O)CCCCCC(C)(C)C)C(=O)N[C@@H](CCCNC(N)=O)C(=O)Nc1ccc(COC(=O)NCCCC(C)(C)C)cc1. The Morgan fingerprint density at radius 2 is 1.35 bits per heavy atom. The summed E-state index contributed by atoms with van der Waals surface area (Å²) in [6.45, 7) is 17.6. The highest BCUT2D eigenvalue weighted by atomic mass is 16.5. The zero-order valence-electron chi connectivity index (χ0n) is 30.6. The third kappa shape index (κ3) is 20.4. The molecule has 12 heteroatoms. The van der Waals surface area contributed by atoms with Gasteiger partial charge in [-0.15, -0.1) is 0 Å². The average Bonchev–Trinajstić information content (AvgIpc) is 2.97. The van der Waals surface area contributed by atoms with E-state index in [0.29, 0.717) is 25.1 Å². The first-order valence-electron chi connectivity index (χ1n) is 17.3. The fraction of sp³-hybridized carbons (Fsp3) is 0.694. The van der Waals surface area contributed by atoms with Crippen molar-refractivity contribution >= 4 is 35.5 Å². The lowest BCUT2D eigenvalue weighted by Gasteiger charge is -2.25. The molecule has 2 atom stereocenters. The summed E-state index contributed by atoms with van der Waals surface area (Å²) in [4.78, 5) is 62.6. The van der Waals surface area contributed by atoms with Crippen LogP contribution in [0.3, 0.4) is 0 Å². The summed E-state index contributed by atoms with van der Waals surface area (Å²) in [6, 6.07) is 4.41. The first-order valence-corrected chi connectivity index (χ1v) is 17.3. The molecule has 1 rings (SSSR count). The number of anilines is 1. The van der Waals surface area contributed by atoms with Gasteiger partial charge >= 0.3 is 12.1 Å². The molecule has 1 aromatic carbocycles. The molecule has 12 nitrogen and oxygen atoms in total. The maximum Gasteiger partial charge on any atom is 0.407 e. The molecule has 0 heterocycles. The fourth-order valence-electron chi connectivity index (χ4n) is 4.87. The number of carbonyl (C=O) groups excluding carboxylic acids is 5. The molecule has 0 spiro atoms. The van der Waals surface area contributed by atoms with Crippen molar-refractivity contribution in [3.63, 3.8) is 0 Å². The Kier molecular flexibility index (Phi) is 18.6. The summed E-state index contributed by atoms with van der Waals surface area (Å²) in [5.41, 5.74) is 6.85. The number of urea groups is 1. The predicted molar refractivity (Wildman–Crippen MR) is 190 cm³/mol. The van der Waals surface area contributed by atoms with E-state index in [1.807, 2.05) is 13.8 Å². The number of rotatable bonds is 20. The lowest BCUT2D eigenvalue weighted by molar-refractivity contribution is -0.132. The first-order chi connectivity index (χ1) is 22.4. The number of primary amides is 1. The van der Waals surface area contributed by atoms with E-state index < -0.39 is 36.0 Å². The molecule has 1 aromatic rings. The molecule has 0 radical (unpaired) electrons. The number of nitrogens with two attached hydrogens (primary N) is 1. The van der Waals surface area contributed by atoms with Gasteiger partial charge in [0.25, 0.3) is 0 Å². The van der Waals surface area contributed by atoms with Crippen LogP contribution in [0.2, 0.25) is 0 Å². The van der Waals surface area contributed by atoms with E-state index >= 15 is 0 Å². The largest absolute Gasteiger partial charge is 0.445 e. The Morgan fingerprint density at radius 1 is 0.750 bits per heavy atom. The minimum Gasteiger partial charge on any atom is -0.445 e. The standard InChI is InChI=1S/C36H62N6O6/c1-25(2)30(42-29(43)15-10-9-11-20-35(3,4)5)32(45)41-28(14-12-22-38-33(37)46)31(44)40-27-18-16-26(17-19-27)24-48-34(47)39-23-13-21-36(6,7)8/h16-19,25,28,30H,9-15,20-24H2,1-8H3,(H,39,47)(H,40,44)(H,41,45)(H,42,43)(H3,37,38,46)/t28-,30?/m0/s1. The molecule has 1 unspecified atom stereocenters. The maximum absolute atomic E-state index is 13.4. The average molecular weight is 675 g/mol. The third-order valence-corrected chi connectivity index (χ3v) is 7.66. The molecular weight excluding hydrogens is 612 g/mol. The number of amides is 6. The van der Waals surface area contributed by atoms with Crippen LogP contribution >= 0.6 is 0 Å². The van der Waals surface area contributed by atoms with Crippen LogP contribution in [0.5, 0.6) is 0 Å². The van der Waals surface area contributed by atoms with Gasteiger partial charge in [-0.3, -0.25) is 14.4 Å². The number of benzene rings is 1. The second-order valence-electron chi connectivity index (χ2n) is 15.3. The number of unbranched alkanes of at least 4 members (excludes halogenated alkanes) is 2. The summed E-state index contributed by atoms with van der Waals surface area (Å²) in [6.07, 6.45) is 6.09. The topological polar surface area (TPSA) is 181 Å². The number of nitrogens with one attached hydrogen (secondary N) is 5. The highest BCUT2D eigenvalue weighted by molar-refractivity contribution is 5.98. The van der Waals surface area contributed by atoms with E-state index in [1.165, 1.54) is 0 Å². The summed E-state index contributed by atoms with van der Waals surface area (Å²) in [7, 11) is 0. The Hall–Kier alpha value is -3.83. The van der Waals surface area contributed by atoms with Crippen molar-refractivity contribution in [3.8, 4) is 0 Å². The highest BCUT2D eigenvalue weighted by Crippen LogP contribution is 2.22. The summed E-state index contributed by atoms with van der Waals surface area (Å²) >= 11 is 0. The Balaban J connectivity index is 2.76. The van der Waals surface area contributed by atoms with Gasteiger partial charge in [0.2, 0.25) is 17.7 Å².